The second-order valence-corrected chi connectivity index (χ2v) is 5.75. The van der Waals surface area contributed by atoms with Gasteiger partial charge in [-0.05, 0) is 34.7 Å². The first-order valence-electron chi connectivity index (χ1n) is 5.63. The third kappa shape index (κ3) is 2.42. The van der Waals surface area contributed by atoms with E-state index in [4.69, 9.17) is 17.3 Å². The molecule has 2 aromatic heterocycles. The fourth-order valence-corrected chi connectivity index (χ4v) is 2.54. The van der Waals surface area contributed by atoms with Crippen LogP contribution in [0.15, 0.2) is 24.4 Å². The first-order chi connectivity index (χ1) is 9.54. The van der Waals surface area contributed by atoms with Crippen LogP contribution in [0.25, 0.3) is 11.0 Å². The molecule has 0 atom stereocenters. The number of nitrogens with zero attached hydrogens (tertiary/aromatic N) is 4. The van der Waals surface area contributed by atoms with Gasteiger partial charge >= 0.3 is 0 Å². The van der Waals surface area contributed by atoms with E-state index in [0.717, 1.165) is 3.57 Å². The van der Waals surface area contributed by atoms with Gasteiger partial charge in [0.2, 0.25) is 5.95 Å². The third-order valence-electron chi connectivity index (χ3n) is 2.80. The van der Waals surface area contributed by atoms with Crippen LogP contribution in [-0.2, 0) is 6.54 Å². The van der Waals surface area contributed by atoms with Crippen molar-refractivity contribution in [3.8, 4) is 0 Å². The summed E-state index contributed by atoms with van der Waals surface area (Å²) in [5.74, 6) is -0.221. The monoisotopic (exact) mass is 403 g/mol. The molecule has 0 aliphatic heterocycles. The van der Waals surface area contributed by atoms with Crippen molar-refractivity contribution in [2.45, 2.75) is 6.54 Å². The van der Waals surface area contributed by atoms with Gasteiger partial charge in [0.15, 0.2) is 5.65 Å². The minimum atomic E-state index is -0.284. The largest absolute Gasteiger partial charge is 0.368 e. The lowest BCUT2D eigenvalue weighted by molar-refractivity contribution is 0.588. The van der Waals surface area contributed by atoms with E-state index in [1.807, 2.05) is 6.07 Å². The number of fused-ring (bicyclic) bond motifs is 1. The molecule has 0 aliphatic carbocycles. The van der Waals surface area contributed by atoms with Crippen molar-refractivity contribution in [2.75, 3.05) is 5.73 Å². The number of aromatic nitrogens is 4. The standard InChI is InChI=1S/C12H8ClFIN5/c13-10-8-4-17-20(11(8)19-12(16)18-10)5-6-1-2-7(15)3-9(6)14/h1-4H,5H2,(H2,16,18,19). The summed E-state index contributed by atoms with van der Waals surface area (Å²) in [6.45, 7) is 0.249. The van der Waals surface area contributed by atoms with Gasteiger partial charge in [-0.25, -0.2) is 14.1 Å². The summed E-state index contributed by atoms with van der Waals surface area (Å²) in [5.41, 5.74) is 6.58. The van der Waals surface area contributed by atoms with Crippen LogP contribution in [0, 0.1) is 9.39 Å². The zero-order valence-corrected chi connectivity index (χ0v) is 12.9. The molecule has 2 heterocycles. The summed E-state index contributed by atoms with van der Waals surface area (Å²) in [6.07, 6.45) is 1.54. The Labute approximate surface area is 132 Å². The number of halogens is 3. The Hall–Kier alpha value is -1.48. The molecule has 2 N–H and O–H groups in total. The maximum atomic E-state index is 13.9. The van der Waals surface area contributed by atoms with Gasteiger partial charge in [-0.15, -0.1) is 0 Å². The van der Waals surface area contributed by atoms with Crippen molar-refractivity contribution in [3.05, 3.63) is 44.5 Å². The maximum absolute atomic E-state index is 13.9. The summed E-state index contributed by atoms with van der Waals surface area (Å²) >= 11 is 8.03. The molecule has 20 heavy (non-hydrogen) atoms. The lowest BCUT2D eigenvalue weighted by Gasteiger charge is -2.05. The van der Waals surface area contributed by atoms with Crippen LogP contribution in [-0.4, -0.2) is 19.7 Å². The number of rotatable bonds is 2. The molecular formula is C12H8ClFIN5. The number of benzene rings is 1. The summed E-state index contributed by atoms with van der Waals surface area (Å²) < 4.78 is 16.3. The van der Waals surface area contributed by atoms with Gasteiger partial charge in [0.1, 0.15) is 11.0 Å². The third-order valence-corrected chi connectivity index (χ3v) is 3.76. The van der Waals surface area contributed by atoms with Crippen LogP contribution < -0.4 is 5.73 Å². The molecule has 0 aliphatic rings. The van der Waals surface area contributed by atoms with Crippen LogP contribution in [0.3, 0.4) is 0 Å². The molecule has 5 nitrogen and oxygen atoms in total. The van der Waals surface area contributed by atoms with E-state index in [2.05, 4.69) is 37.7 Å². The van der Waals surface area contributed by atoms with E-state index < -0.39 is 0 Å². The van der Waals surface area contributed by atoms with Gasteiger partial charge in [-0.2, -0.15) is 10.1 Å². The van der Waals surface area contributed by atoms with Crippen molar-refractivity contribution < 1.29 is 4.39 Å². The summed E-state index contributed by atoms with van der Waals surface area (Å²) in [4.78, 5) is 7.95. The molecule has 8 heteroatoms. The fraction of sp³-hybridized carbons (Fsp3) is 0.0833. The Morgan fingerprint density at radius 1 is 1.35 bits per heavy atom. The average Bonchev–Trinajstić information content (AvgIpc) is 2.76. The topological polar surface area (TPSA) is 69.6 Å². The Kier molecular flexibility index (Phi) is 3.47. The smallest absolute Gasteiger partial charge is 0.223 e. The van der Waals surface area contributed by atoms with Crippen molar-refractivity contribution in [2.24, 2.45) is 0 Å². The molecule has 3 aromatic rings. The highest BCUT2D eigenvalue weighted by Crippen LogP contribution is 2.22. The quantitative estimate of drug-likeness (QED) is 0.528. The molecule has 0 fully saturated rings. The van der Waals surface area contributed by atoms with E-state index in [9.17, 15) is 4.39 Å². The van der Waals surface area contributed by atoms with Gasteiger partial charge in [0.05, 0.1) is 18.1 Å². The van der Waals surface area contributed by atoms with Crippen LogP contribution in [0.5, 0.6) is 0 Å². The summed E-state index contributed by atoms with van der Waals surface area (Å²) in [7, 11) is 0. The Bertz CT molecular complexity index is 804. The number of nitrogen functional groups attached to an aromatic ring is 1. The lowest BCUT2D eigenvalue weighted by atomic mass is 10.2. The van der Waals surface area contributed by atoms with Crippen molar-refractivity contribution in [1.29, 1.82) is 0 Å². The highest BCUT2D eigenvalue weighted by Gasteiger charge is 2.12. The number of hydrogen-bond acceptors (Lipinski definition) is 4. The van der Waals surface area contributed by atoms with Crippen LogP contribution in [0.1, 0.15) is 5.56 Å². The van der Waals surface area contributed by atoms with Crippen molar-refractivity contribution >= 4 is 51.2 Å². The highest BCUT2D eigenvalue weighted by atomic mass is 127. The molecule has 0 spiro atoms. The summed E-state index contributed by atoms with van der Waals surface area (Å²) in [6, 6.07) is 5.02. The van der Waals surface area contributed by atoms with Gasteiger partial charge in [0, 0.05) is 9.13 Å². The van der Waals surface area contributed by atoms with E-state index >= 15 is 0 Å². The minimum absolute atomic E-state index is 0.0623. The Morgan fingerprint density at radius 3 is 2.90 bits per heavy atom. The van der Waals surface area contributed by atoms with E-state index in [1.54, 1.807) is 16.9 Å². The summed E-state index contributed by atoms with van der Waals surface area (Å²) in [5, 5.41) is 4.99. The van der Waals surface area contributed by atoms with Crippen molar-refractivity contribution in [1.82, 2.24) is 19.7 Å². The first-order valence-corrected chi connectivity index (χ1v) is 7.09. The molecule has 0 unspecified atom stereocenters. The van der Waals surface area contributed by atoms with Crippen LogP contribution in [0.2, 0.25) is 5.15 Å². The van der Waals surface area contributed by atoms with Gasteiger partial charge in [0.25, 0.3) is 0 Å². The molecular weight excluding hydrogens is 396 g/mol. The minimum Gasteiger partial charge on any atom is -0.368 e. The van der Waals surface area contributed by atoms with Crippen LogP contribution in [0.4, 0.5) is 10.3 Å². The number of anilines is 1. The zero-order chi connectivity index (χ0) is 14.3. The molecule has 3 rings (SSSR count). The fourth-order valence-electron chi connectivity index (χ4n) is 1.86. The Morgan fingerprint density at radius 2 is 2.15 bits per heavy atom. The normalized spacial score (nSPS) is 11.2. The molecule has 0 radical (unpaired) electrons. The van der Waals surface area contributed by atoms with Gasteiger partial charge < -0.3 is 5.73 Å². The Balaban J connectivity index is 2.07. The lowest BCUT2D eigenvalue weighted by Crippen LogP contribution is -2.06. The molecule has 0 saturated carbocycles. The van der Waals surface area contributed by atoms with Crippen LogP contribution >= 0.6 is 34.2 Å². The average molecular weight is 404 g/mol. The molecule has 1 aromatic carbocycles. The SMILES string of the molecule is Nc1nc(Cl)c2cnn(Cc3ccc(I)cc3F)c2n1. The maximum Gasteiger partial charge on any atom is 0.223 e. The first kappa shape index (κ1) is 13.5. The van der Waals surface area contributed by atoms with Gasteiger partial charge in [-0.3, -0.25) is 0 Å². The molecule has 0 amide bonds. The van der Waals surface area contributed by atoms with E-state index in [1.165, 1.54) is 6.07 Å². The zero-order valence-electron chi connectivity index (χ0n) is 10.0. The second kappa shape index (κ2) is 5.13. The second-order valence-electron chi connectivity index (χ2n) is 4.15. The van der Waals surface area contributed by atoms with Crippen molar-refractivity contribution in [3.63, 3.8) is 0 Å². The van der Waals surface area contributed by atoms with E-state index in [0.29, 0.717) is 16.6 Å². The molecule has 0 saturated heterocycles. The highest BCUT2D eigenvalue weighted by molar-refractivity contribution is 14.1. The molecule has 102 valence electrons. The predicted molar refractivity (Wildman–Crippen MR) is 83.0 cm³/mol. The predicted octanol–water partition coefficient (Wildman–Crippen LogP) is 2.85. The number of hydrogen-bond donors (Lipinski definition) is 1. The molecule has 0 bridgehead atoms. The van der Waals surface area contributed by atoms with Gasteiger partial charge in [-0.1, -0.05) is 17.7 Å². The number of nitrogens with two attached hydrogens (primary N) is 1. The van der Waals surface area contributed by atoms with E-state index in [-0.39, 0.29) is 23.5 Å².